The van der Waals surface area contributed by atoms with Gasteiger partial charge in [0.05, 0.1) is 0 Å². The fourth-order valence-corrected chi connectivity index (χ4v) is 3.22. The van der Waals surface area contributed by atoms with Gasteiger partial charge in [0, 0.05) is 35.3 Å². The number of benzene rings is 1. The fraction of sp³-hybridized carbons (Fsp3) is 0.600. The Bertz CT molecular complexity index is 399. The predicted octanol–water partition coefficient (Wildman–Crippen LogP) is 3.42. The molecule has 1 N–H and O–H groups in total. The highest BCUT2D eigenvalue weighted by Crippen LogP contribution is 2.35. The number of halogens is 1. The Morgan fingerprint density at radius 3 is 2.61 bits per heavy atom. The molecule has 98 valence electrons. The van der Waals surface area contributed by atoms with Gasteiger partial charge in [-0.25, -0.2) is 0 Å². The molecule has 0 amide bonds. The van der Waals surface area contributed by atoms with Gasteiger partial charge in [0.15, 0.2) is 0 Å². The van der Waals surface area contributed by atoms with Gasteiger partial charge in [-0.2, -0.15) is 0 Å². The molecular formula is C15H21BrN2. The van der Waals surface area contributed by atoms with E-state index in [-0.39, 0.29) is 0 Å². The van der Waals surface area contributed by atoms with E-state index in [1.807, 2.05) is 0 Å². The number of anilines is 1. The summed E-state index contributed by atoms with van der Waals surface area (Å²) >= 11 is 3.52. The summed E-state index contributed by atoms with van der Waals surface area (Å²) < 4.78 is 1.16. The van der Waals surface area contributed by atoms with E-state index in [2.05, 4.69) is 57.3 Å². The molecule has 0 radical (unpaired) electrons. The normalized spacial score (nSPS) is 28.4. The smallest absolute Gasteiger partial charge is 0.0412 e. The highest BCUT2D eigenvalue weighted by Gasteiger charge is 2.36. The first-order chi connectivity index (χ1) is 8.78. The van der Waals surface area contributed by atoms with E-state index in [0.717, 1.165) is 16.9 Å². The Hall–Kier alpha value is -0.540. The van der Waals surface area contributed by atoms with Crippen LogP contribution in [-0.2, 0) is 0 Å². The summed E-state index contributed by atoms with van der Waals surface area (Å²) in [6, 6.07) is 10.1. The Morgan fingerprint density at radius 2 is 2.00 bits per heavy atom. The van der Waals surface area contributed by atoms with Crippen molar-refractivity contribution in [1.82, 2.24) is 5.32 Å². The molecule has 1 aliphatic heterocycles. The Labute approximate surface area is 118 Å². The third-order valence-corrected chi connectivity index (χ3v) is 4.80. The summed E-state index contributed by atoms with van der Waals surface area (Å²) in [6.07, 6.45) is 4.05. The van der Waals surface area contributed by atoms with Crippen LogP contribution in [-0.4, -0.2) is 25.2 Å². The van der Waals surface area contributed by atoms with Crippen LogP contribution in [0.15, 0.2) is 28.7 Å². The van der Waals surface area contributed by atoms with Gasteiger partial charge in [-0.1, -0.05) is 22.9 Å². The minimum Gasteiger partial charge on any atom is -0.366 e. The number of piperazine rings is 1. The summed E-state index contributed by atoms with van der Waals surface area (Å²) in [6.45, 7) is 4.59. The van der Waals surface area contributed by atoms with Crippen molar-refractivity contribution in [3.8, 4) is 0 Å². The molecule has 0 aromatic heterocycles. The van der Waals surface area contributed by atoms with Crippen LogP contribution in [0.3, 0.4) is 0 Å². The van der Waals surface area contributed by atoms with Gasteiger partial charge in [-0.05, 0) is 49.4 Å². The lowest BCUT2D eigenvalue weighted by Gasteiger charge is -2.42. The van der Waals surface area contributed by atoms with Crippen molar-refractivity contribution in [3.05, 3.63) is 28.7 Å². The lowest BCUT2D eigenvalue weighted by atomic mass is 10.0. The average Bonchev–Trinajstić information content (AvgIpc) is 3.23. The molecule has 1 aromatic carbocycles. The second-order valence-corrected chi connectivity index (χ2v) is 6.46. The van der Waals surface area contributed by atoms with E-state index < -0.39 is 0 Å². The fourth-order valence-electron chi connectivity index (χ4n) is 2.95. The molecule has 2 nitrogen and oxygen atoms in total. The van der Waals surface area contributed by atoms with Gasteiger partial charge < -0.3 is 10.2 Å². The van der Waals surface area contributed by atoms with Crippen LogP contribution in [0.5, 0.6) is 0 Å². The molecule has 2 unspecified atom stereocenters. The van der Waals surface area contributed by atoms with Crippen molar-refractivity contribution in [2.45, 2.75) is 38.3 Å². The van der Waals surface area contributed by atoms with E-state index in [1.165, 1.54) is 31.5 Å². The van der Waals surface area contributed by atoms with E-state index in [9.17, 15) is 0 Å². The van der Waals surface area contributed by atoms with Gasteiger partial charge in [0.1, 0.15) is 0 Å². The van der Waals surface area contributed by atoms with Crippen LogP contribution in [0.4, 0.5) is 5.69 Å². The lowest BCUT2D eigenvalue weighted by Crippen LogP contribution is -2.57. The quantitative estimate of drug-likeness (QED) is 0.920. The molecule has 0 spiro atoms. The summed E-state index contributed by atoms with van der Waals surface area (Å²) in [7, 11) is 0. The lowest BCUT2D eigenvalue weighted by molar-refractivity contribution is 0.360. The predicted molar refractivity (Wildman–Crippen MR) is 80.1 cm³/mol. The molecule has 0 bridgehead atoms. The summed E-state index contributed by atoms with van der Waals surface area (Å²) in [5.41, 5.74) is 1.37. The SMILES string of the molecule is CCC1CNC(C2CC2)CN1c1ccc(Br)cc1. The van der Waals surface area contributed by atoms with Crippen LogP contribution in [0.1, 0.15) is 26.2 Å². The molecule has 2 aliphatic rings. The Balaban J connectivity index is 1.78. The minimum atomic E-state index is 0.640. The molecule has 1 saturated carbocycles. The molecule has 2 atom stereocenters. The van der Waals surface area contributed by atoms with Crippen LogP contribution >= 0.6 is 15.9 Å². The monoisotopic (exact) mass is 308 g/mol. The molecule has 1 aromatic rings. The molecule has 18 heavy (non-hydrogen) atoms. The second kappa shape index (κ2) is 5.22. The molecular weight excluding hydrogens is 288 g/mol. The zero-order chi connectivity index (χ0) is 12.5. The van der Waals surface area contributed by atoms with Crippen LogP contribution < -0.4 is 10.2 Å². The maximum Gasteiger partial charge on any atom is 0.0412 e. The van der Waals surface area contributed by atoms with Crippen molar-refractivity contribution >= 4 is 21.6 Å². The van der Waals surface area contributed by atoms with E-state index in [4.69, 9.17) is 0 Å². The largest absolute Gasteiger partial charge is 0.366 e. The number of hydrogen-bond acceptors (Lipinski definition) is 2. The van der Waals surface area contributed by atoms with Crippen LogP contribution in [0.25, 0.3) is 0 Å². The zero-order valence-electron chi connectivity index (χ0n) is 10.9. The van der Waals surface area contributed by atoms with Gasteiger partial charge in [-0.3, -0.25) is 0 Å². The minimum absolute atomic E-state index is 0.640. The first-order valence-corrected chi connectivity index (χ1v) is 7.83. The van der Waals surface area contributed by atoms with Crippen molar-refractivity contribution in [3.63, 3.8) is 0 Å². The van der Waals surface area contributed by atoms with Gasteiger partial charge >= 0.3 is 0 Å². The van der Waals surface area contributed by atoms with Crippen molar-refractivity contribution in [2.75, 3.05) is 18.0 Å². The summed E-state index contributed by atoms with van der Waals surface area (Å²) in [5, 5.41) is 3.74. The Morgan fingerprint density at radius 1 is 1.28 bits per heavy atom. The molecule has 3 rings (SSSR count). The third kappa shape index (κ3) is 2.57. The van der Waals surface area contributed by atoms with E-state index in [1.54, 1.807) is 0 Å². The average molecular weight is 309 g/mol. The number of nitrogens with one attached hydrogen (secondary N) is 1. The summed E-state index contributed by atoms with van der Waals surface area (Å²) in [4.78, 5) is 2.60. The maximum atomic E-state index is 3.74. The topological polar surface area (TPSA) is 15.3 Å². The molecule has 1 saturated heterocycles. The molecule has 3 heteroatoms. The second-order valence-electron chi connectivity index (χ2n) is 5.54. The summed E-state index contributed by atoms with van der Waals surface area (Å²) in [5.74, 6) is 0.931. The highest BCUT2D eigenvalue weighted by molar-refractivity contribution is 9.10. The zero-order valence-corrected chi connectivity index (χ0v) is 12.5. The molecule has 1 aliphatic carbocycles. The molecule has 2 fully saturated rings. The first-order valence-electron chi connectivity index (χ1n) is 7.03. The number of rotatable bonds is 3. The number of nitrogens with zero attached hydrogens (tertiary/aromatic N) is 1. The maximum absolute atomic E-state index is 3.74. The standard InChI is InChI=1S/C15H21BrN2/c1-2-13-9-17-15(11-3-4-11)10-18(13)14-7-5-12(16)6-8-14/h5-8,11,13,15,17H,2-4,9-10H2,1H3. The number of hydrogen-bond donors (Lipinski definition) is 1. The van der Waals surface area contributed by atoms with Gasteiger partial charge in [0.25, 0.3) is 0 Å². The Kier molecular flexibility index (Phi) is 3.62. The van der Waals surface area contributed by atoms with Gasteiger partial charge in [0.2, 0.25) is 0 Å². The molecule has 1 heterocycles. The van der Waals surface area contributed by atoms with E-state index in [0.29, 0.717) is 12.1 Å². The van der Waals surface area contributed by atoms with Crippen molar-refractivity contribution < 1.29 is 0 Å². The van der Waals surface area contributed by atoms with E-state index >= 15 is 0 Å². The van der Waals surface area contributed by atoms with Crippen LogP contribution in [0.2, 0.25) is 0 Å². The first kappa shape index (κ1) is 12.5. The highest BCUT2D eigenvalue weighted by atomic mass is 79.9. The van der Waals surface area contributed by atoms with Gasteiger partial charge in [-0.15, -0.1) is 0 Å². The third-order valence-electron chi connectivity index (χ3n) is 4.27. The van der Waals surface area contributed by atoms with Crippen molar-refractivity contribution in [2.24, 2.45) is 5.92 Å². The van der Waals surface area contributed by atoms with Crippen LogP contribution in [0, 0.1) is 5.92 Å². The van der Waals surface area contributed by atoms with Crippen molar-refractivity contribution in [1.29, 1.82) is 0 Å².